The molecule has 3 fully saturated rings. The summed E-state index contributed by atoms with van der Waals surface area (Å²) in [5.41, 5.74) is -0.704. The second-order valence-corrected chi connectivity index (χ2v) is 19.7. The molecule has 1 aliphatic carbocycles. The van der Waals surface area contributed by atoms with Crippen LogP contribution in [0.25, 0.3) is 0 Å². The van der Waals surface area contributed by atoms with Crippen LogP contribution in [-0.4, -0.2) is 80.1 Å². The number of esters is 1. The van der Waals surface area contributed by atoms with Gasteiger partial charge in [-0.1, -0.05) is 32.9 Å². The van der Waals surface area contributed by atoms with Crippen LogP contribution in [0.1, 0.15) is 73.3 Å². The number of carbonyl (C=O) groups is 3. The minimum atomic E-state index is -2.15. The first-order valence-corrected chi connectivity index (χ1v) is 18.6. The van der Waals surface area contributed by atoms with Gasteiger partial charge in [-0.3, -0.25) is 9.59 Å². The maximum absolute atomic E-state index is 14.4. The van der Waals surface area contributed by atoms with Gasteiger partial charge in [0.05, 0.1) is 31.7 Å². The number of likely N-dealkylation sites (tertiary alicyclic amines) is 2. The lowest BCUT2D eigenvalue weighted by atomic mass is 9.58. The van der Waals surface area contributed by atoms with Crippen LogP contribution < -0.4 is 4.74 Å². The highest BCUT2D eigenvalue weighted by Crippen LogP contribution is 2.59. The Balaban J connectivity index is 1.83. The van der Waals surface area contributed by atoms with E-state index < -0.39 is 31.6 Å². The molecule has 1 saturated carbocycles. The molecule has 5 atom stereocenters. The molecule has 2 heterocycles. The molecule has 43 heavy (non-hydrogen) atoms. The molecular weight excluding hydrogens is 564 g/mol. The molecule has 2 amide bonds. The Morgan fingerprint density at radius 2 is 1.72 bits per heavy atom. The summed E-state index contributed by atoms with van der Waals surface area (Å²) in [6.07, 6.45) is 0.815. The highest BCUT2D eigenvalue weighted by molar-refractivity contribution is 6.74. The van der Waals surface area contributed by atoms with Crippen LogP contribution in [0.4, 0.5) is 4.79 Å². The van der Waals surface area contributed by atoms with Gasteiger partial charge in [0.15, 0.2) is 8.32 Å². The van der Waals surface area contributed by atoms with E-state index in [2.05, 4.69) is 33.9 Å². The lowest BCUT2D eigenvalue weighted by Gasteiger charge is -2.59. The predicted octanol–water partition coefficient (Wildman–Crippen LogP) is 6.01. The van der Waals surface area contributed by atoms with Gasteiger partial charge in [0.2, 0.25) is 5.91 Å². The molecule has 0 N–H and O–H groups in total. The third kappa shape index (κ3) is 6.46. The van der Waals surface area contributed by atoms with Gasteiger partial charge in [-0.2, -0.15) is 0 Å². The Morgan fingerprint density at radius 3 is 2.28 bits per heavy atom. The first-order chi connectivity index (χ1) is 19.9. The molecule has 1 aromatic carbocycles. The highest BCUT2D eigenvalue weighted by Gasteiger charge is 2.70. The molecular formula is C33H52N2O7Si. The monoisotopic (exact) mass is 616 g/mol. The van der Waals surface area contributed by atoms with E-state index in [1.165, 1.54) is 0 Å². The summed E-state index contributed by atoms with van der Waals surface area (Å²) >= 11 is 0. The largest absolute Gasteiger partial charge is 0.497 e. The number of rotatable bonds is 9. The Hall–Kier alpha value is -2.59. The van der Waals surface area contributed by atoms with E-state index in [1.54, 1.807) is 18.9 Å². The Bertz CT molecular complexity index is 1190. The first-order valence-electron chi connectivity index (χ1n) is 15.7. The molecule has 3 aliphatic rings. The van der Waals surface area contributed by atoms with E-state index >= 15 is 0 Å². The van der Waals surface area contributed by atoms with E-state index in [-0.39, 0.29) is 47.7 Å². The smallest absolute Gasteiger partial charge is 0.410 e. The Labute approximate surface area is 258 Å². The third-order valence-corrected chi connectivity index (χ3v) is 14.6. The maximum atomic E-state index is 14.4. The van der Waals surface area contributed by atoms with E-state index in [9.17, 15) is 14.4 Å². The molecule has 1 aromatic rings. The van der Waals surface area contributed by atoms with Crippen molar-refractivity contribution in [2.24, 2.45) is 17.8 Å². The van der Waals surface area contributed by atoms with Gasteiger partial charge in [0.25, 0.3) is 0 Å². The Morgan fingerprint density at radius 1 is 1.07 bits per heavy atom. The topological polar surface area (TPSA) is 94.6 Å². The fourth-order valence-corrected chi connectivity index (χ4v) is 8.22. The second-order valence-electron chi connectivity index (χ2n) is 14.9. The molecule has 5 unspecified atom stereocenters. The summed E-state index contributed by atoms with van der Waals surface area (Å²) in [6, 6.07) is 7.20. The number of nitrogens with zero attached hydrogens (tertiary/aromatic N) is 2. The van der Waals surface area contributed by atoms with Gasteiger partial charge >= 0.3 is 12.1 Å². The normalized spacial score (nSPS) is 27.3. The summed E-state index contributed by atoms with van der Waals surface area (Å²) in [5.74, 6) is -0.0819. The van der Waals surface area contributed by atoms with Gasteiger partial charge < -0.3 is 28.4 Å². The zero-order chi connectivity index (χ0) is 32.0. The van der Waals surface area contributed by atoms with E-state index in [0.29, 0.717) is 32.5 Å². The number of hydrogen-bond donors (Lipinski definition) is 0. The number of hydrogen-bond acceptors (Lipinski definition) is 7. The van der Waals surface area contributed by atoms with Crippen LogP contribution >= 0.6 is 0 Å². The van der Waals surface area contributed by atoms with E-state index in [4.69, 9.17) is 18.6 Å². The van der Waals surface area contributed by atoms with Crippen LogP contribution in [0.5, 0.6) is 5.75 Å². The molecule has 0 aromatic heterocycles. The average Bonchev–Trinajstić information content (AvgIpc) is 3.04. The first kappa shape index (κ1) is 33.3. The lowest BCUT2D eigenvalue weighted by molar-refractivity contribution is -0.157. The number of carbonyl (C=O) groups excluding carboxylic acids is 3. The summed E-state index contributed by atoms with van der Waals surface area (Å²) in [4.78, 5) is 45.4. The molecule has 9 nitrogen and oxygen atoms in total. The van der Waals surface area contributed by atoms with Crippen LogP contribution in [0, 0.1) is 17.8 Å². The number of benzene rings is 1. The highest BCUT2D eigenvalue weighted by atomic mass is 28.4. The van der Waals surface area contributed by atoms with Crippen LogP contribution in [0.3, 0.4) is 0 Å². The van der Waals surface area contributed by atoms with Gasteiger partial charge in [0, 0.05) is 31.5 Å². The lowest BCUT2D eigenvalue weighted by Crippen LogP contribution is -2.72. The van der Waals surface area contributed by atoms with Gasteiger partial charge in [-0.15, -0.1) is 0 Å². The molecule has 0 spiro atoms. The minimum Gasteiger partial charge on any atom is -0.497 e. The van der Waals surface area contributed by atoms with Crippen molar-refractivity contribution < 1.29 is 33.0 Å². The summed E-state index contributed by atoms with van der Waals surface area (Å²) in [6.45, 7) is 19.9. The van der Waals surface area contributed by atoms with Crippen LogP contribution in [-0.2, 0) is 30.0 Å². The predicted molar refractivity (Wildman–Crippen MR) is 167 cm³/mol. The van der Waals surface area contributed by atoms with Gasteiger partial charge in [-0.05, 0) is 82.3 Å². The Kier molecular flexibility index (Phi) is 9.35. The van der Waals surface area contributed by atoms with E-state index in [1.807, 2.05) is 49.9 Å². The van der Waals surface area contributed by atoms with Crippen molar-refractivity contribution in [3.8, 4) is 5.75 Å². The fourth-order valence-electron chi connectivity index (χ4n) is 7.16. The van der Waals surface area contributed by atoms with Crippen molar-refractivity contribution >= 4 is 26.3 Å². The molecule has 4 bridgehead atoms. The minimum absolute atomic E-state index is 0.000554. The second kappa shape index (κ2) is 12.1. The fraction of sp³-hybridized carbons (Fsp3) is 0.727. The third-order valence-electron chi connectivity index (χ3n) is 10.1. The summed E-state index contributed by atoms with van der Waals surface area (Å²) < 4.78 is 23.6. The quantitative estimate of drug-likeness (QED) is 0.248. The van der Waals surface area contributed by atoms with Gasteiger partial charge in [-0.25, -0.2) is 4.79 Å². The van der Waals surface area contributed by atoms with Crippen molar-refractivity contribution in [2.75, 3.05) is 26.9 Å². The number of ether oxygens (including phenoxy) is 3. The van der Waals surface area contributed by atoms with Crippen LogP contribution in [0.2, 0.25) is 18.1 Å². The SMILES string of the molecule is CCOC(=O)CC12C3CCN(C(=O)OC(C)(C)C)C1C(CO[Si](C)(C)C(C)(C)C)CC3C(=O)N2Cc1ccc(OC)cc1. The molecule has 2 saturated heterocycles. The molecule has 10 heteroatoms. The summed E-state index contributed by atoms with van der Waals surface area (Å²) in [5, 5.41) is -0.000554. The van der Waals surface area contributed by atoms with Crippen molar-refractivity contribution in [2.45, 2.75) is 110 Å². The van der Waals surface area contributed by atoms with Crippen molar-refractivity contribution in [3.63, 3.8) is 0 Å². The standard InChI is InChI=1S/C33H52N2O7Si/c1-11-40-27(36)19-33-26-16-17-34(30(38)42-31(2,3)4)28(33)23(21-41-43(9,10)32(5,6)7)18-25(26)29(37)35(33)20-22-12-14-24(39-8)15-13-22/h12-15,23,25-26,28H,11,16-21H2,1-10H3. The molecule has 0 radical (unpaired) electrons. The molecule has 4 rings (SSSR count). The zero-order valence-electron chi connectivity index (χ0n) is 27.8. The molecule has 240 valence electrons. The van der Waals surface area contributed by atoms with Crippen molar-refractivity contribution in [1.29, 1.82) is 0 Å². The zero-order valence-corrected chi connectivity index (χ0v) is 28.8. The van der Waals surface area contributed by atoms with Gasteiger partial charge in [0.1, 0.15) is 11.4 Å². The number of piperidine rings is 1. The number of methoxy groups -OCH3 is 1. The van der Waals surface area contributed by atoms with Crippen LogP contribution in [0.15, 0.2) is 24.3 Å². The van der Waals surface area contributed by atoms with Crippen molar-refractivity contribution in [1.82, 2.24) is 9.80 Å². The average molecular weight is 617 g/mol. The summed E-state index contributed by atoms with van der Waals surface area (Å²) in [7, 11) is -0.531. The molecule has 2 aliphatic heterocycles. The van der Waals surface area contributed by atoms with Crippen molar-refractivity contribution in [3.05, 3.63) is 29.8 Å². The number of amides is 2. The maximum Gasteiger partial charge on any atom is 0.410 e. The van der Waals surface area contributed by atoms with E-state index in [0.717, 1.165) is 11.3 Å².